The van der Waals surface area contributed by atoms with E-state index in [1.807, 2.05) is 75.9 Å². The van der Waals surface area contributed by atoms with Crippen molar-refractivity contribution in [1.82, 2.24) is 33.8 Å². The molecule has 11 rings (SSSR count). The minimum absolute atomic E-state index is 0. The van der Waals surface area contributed by atoms with Crippen LogP contribution in [-0.2, 0) is 0 Å². The summed E-state index contributed by atoms with van der Waals surface area (Å²) in [5.41, 5.74) is 10.6. The Balaban J connectivity index is -0.000000121. The standard InChI is InChI=1S/2C11H18S.C10H17NO.C10H16O.C10H16S.C9H15NO.3C9H15NS.C8H14N2S.C8H12S.12CH4/c1-7(2)10-6-12-11(8(3)4)9(10)5;1-7(2)10-6-9(5)11(12-10)8(3)4;1-6(2)9-8(5)11-10(12-9)7(3)4;1-7(2)9-5-6-10(11-9)8(3)4;1-7(2)9-5-10(8(3)4)11-6-9;1-6(2)8-5-9(7(3)4)11-10-8;1-6(2)8-5-11-9(10-8)7(3)4;1-6(2)8-5-10-9(11-8)7(3)4;1-6(2)8-5-9(7(3)4)11-10-8;1-5(2)7-9-8(6(3)4)11-10-7;1-6(2)8-5-4-7(3)9-8;;;;;;;;;;;;/h2*6-8H,1-5H3;6-7H,1-5H3;2*5-8H,1-4H3;4*5-7H,1-4H3;5-6H,1-4H3;4-6H,1-3H3;12*1H4. The smallest absolute Gasteiger partial charge is 0.197 e. The van der Waals surface area contributed by atoms with E-state index in [2.05, 4.69) is 404 Å². The van der Waals surface area contributed by atoms with Gasteiger partial charge in [-0.25, -0.2) is 19.9 Å². The topological polar surface area (TPSA) is 130 Å². The lowest BCUT2D eigenvalue weighted by Gasteiger charge is -2.06. The second kappa shape index (κ2) is 77.7. The van der Waals surface area contributed by atoms with Crippen molar-refractivity contribution in [3.63, 3.8) is 0 Å². The molecule has 0 aliphatic heterocycles. The Labute approximate surface area is 867 Å². The van der Waals surface area contributed by atoms with Crippen molar-refractivity contribution in [3.05, 3.63) is 205 Å². The molecule has 11 heterocycles. The van der Waals surface area contributed by atoms with Crippen LogP contribution in [0.2, 0.25) is 0 Å². The van der Waals surface area contributed by atoms with Crippen LogP contribution in [0.5, 0.6) is 0 Å². The lowest BCUT2D eigenvalue weighted by atomic mass is 9.99. The van der Waals surface area contributed by atoms with Crippen LogP contribution in [0.25, 0.3) is 0 Å². The van der Waals surface area contributed by atoms with Gasteiger partial charge in [0.15, 0.2) is 5.89 Å². The third-order valence-corrected chi connectivity index (χ3v) is 30.0. The van der Waals surface area contributed by atoms with Crippen molar-refractivity contribution in [2.75, 3.05) is 0 Å². The number of nitrogens with zero attached hydrogens (tertiary/aromatic N) is 7. The van der Waals surface area contributed by atoms with Crippen LogP contribution in [0.15, 0.2) is 84.2 Å². The Hall–Kier alpha value is -5.05. The molecule has 134 heavy (non-hydrogen) atoms. The zero-order chi connectivity index (χ0) is 93.8. The van der Waals surface area contributed by atoms with Gasteiger partial charge >= 0.3 is 0 Å². The second-order valence-electron chi connectivity index (χ2n) is 38.6. The monoisotopic (exact) mass is 2010 g/mol. The third kappa shape index (κ3) is 57.0. The number of hydrogen-bond donors (Lipinski definition) is 0. The molecule has 0 N–H and O–H groups in total. The van der Waals surface area contributed by atoms with Gasteiger partial charge in [-0.1, -0.05) is 385 Å². The van der Waals surface area contributed by atoms with Crippen molar-refractivity contribution >= 4 is 91.1 Å². The molecule has 0 amide bonds. The average molecular weight is 2020 g/mol. The number of aryl methyl sites for hydroxylation is 3. The van der Waals surface area contributed by atoms with Crippen LogP contribution in [-0.4, -0.2) is 33.8 Å². The fourth-order valence-corrected chi connectivity index (χ4v) is 19.0. The first-order valence-electron chi connectivity index (χ1n) is 45.6. The summed E-state index contributed by atoms with van der Waals surface area (Å²) in [6.07, 6.45) is 2.00. The first-order chi connectivity index (χ1) is 56.5. The average Bonchev–Trinajstić information content (AvgIpc) is 1.69. The quantitative estimate of drug-likeness (QED) is 0.0685. The van der Waals surface area contributed by atoms with Gasteiger partial charge < -0.3 is 13.4 Å². The van der Waals surface area contributed by atoms with E-state index in [0.29, 0.717) is 124 Å². The van der Waals surface area contributed by atoms with Gasteiger partial charge in [0.25, 0.3) is 0 Å². The van der Waals surface area contributed by atoms with E-state index >= 15 is 0 Å². The van der Waals surface area contributed by atoms with Gasteiger partial charge in [0.05, 0.1) is 32.8 Å². The van der Waals surface area contributed by atoms with Gasteiger partial charge in [0, 0.05) is 110 Å². The molecule has 784 valence electrons. The molecular weight excluding hydrogens is 1800 g/mol. The van der Waals surface area contributed by atoms with E-state index in [9.17, 15) is 0 Å². The fraction of sp³-hybridized carbons (Fsp3) is 0.681. The molecule has 0 unspecified atom stereocenters. The summed E-state index contributed by atoms with van der Waals surface area (Å²) in [5.74, 6) is 18.1. The third-order valence-electron chi connectivity index (χ3n) is 19.3. The van der Waals surface area contributed by atoms with Crippen molar-refractivity contribution in [3.8, 4) is 0 Å². The minimum atomic E-state index is 0. The largest absolute Gasteiger partial charge is 0.466 e. The van der Waals surface area contributed by atoms with E-state index in [1.165, 1.54) is 84.5 Å². The summed E-state index contributed by atoms with van der Waals surface area (Å²) in [6, 6.07) is 17.5. The summed E-state index contributed by atoms with van der Waals surface area (Å²) in [7, 11) is 0. The van der Waals surface area contributed by atoms with E-state index in [0.717, 1.165) is 51.2 Å². The number of thiazole rings is 2. The zero-order valence-corrected chi connectivity index (χ0v) is 91.7. The fourth-order valence-electron chi connectivity index (χ4n) is 11.0. The first-order valence-corrected chi connectivity index (χ1v) is 52.2. The summed E-state index contributed by atoms with van der Waals surface area (Å²) < 4.78 is 25.0. The summed E-state index contributed by atoms with van der Waals surface area (Å²) in [4.78, 5) is 29.5. The zero-order valence-electron chi connectivity index (χ0n) is 85.2. The normalized spacial score (nSPS) is 10.4. The Kier molecular flexibility index (Phi) is 89.5. The SMILES string of the molecule is C.C.C.C.C.C.C.C.C.C.C.C.CC(C)c1cc(C(C)C)on1.CC(C)c1cc(C(C)C)sn1.CC(C)c1ccc(C(C)C)o1.CC(C)c1cnc(C(C)C)s1.CC(C)c1csc(C(C)C)c1.CC(C)c1csc(C(C)C)n1.CC(C)c1nsc(C(C)C)n1.Cc1c(C(C)C)csc1C(C)C.Cc1cc(C(C)C)sc1C(C)C.Cc1ccc(C(C)C)s1.Cc1nc(C(C)C)oc1C(C)C. The van der Waals surface area contributed by atoms with Gasteiger partial charge in [-0.2, -0.15) is 8.75 Å². The Morgan fingerprint density at radius 2 is 0.754 bits per heavy atom. The van der Waals surface area contributed by atoms with Gasteiger partial charge in [0.1, 0.15) is 33.9 Å². The summed E-state index contributed by atoms with van der Waals surface area (Å²) in [6.45, 7) is 100. The number of furan rings is 1. The Morgan fingerprint density at radius 3 is 0.985 bits per heavy atom. The molecule has 0 saturated carbocycles. The Bertz CT molecular complexity index is 3750. The predicted octanol–water partition coefficient (Wildman–Crippen LogP) is 46.0. The maximum Gasteiger partial charge on any atom is 0.197 e. The molecule has 11 aromatic heterocycles. The van der Waals surface area contributed by atoms with Crippen LogP contribution < -0.4 is 0 Å². The summed E-state index contributed by atoms with van der Waals surface area (Å²) in [5, 5.41) is 14.4. The molecule has 0 radical (unpaired) electrons. The molecule has 0 fully saturated rings. The highest BCUT2D eigenvalue weighted by molar-refractivity contribution is 7.13. The molecule has 0 aliphatic carbocycles. The second-order valence-corrected chi connectivity index (χ2v) is 46.5. The molecule has 18 heteroatoms. The van der Waals surface area contributed by atoms with Gasteiger partial charge in [-0.3, -0.25) is 0 Å². The molecule has 0 atom stereocenters. The van der Waals surface area contributed by atoms with Crippen LogP contribution in [0.1, 0.15) is 638 Å². The van der Waals surface area contributed by atoms with Gasteiger partial charge in [-0.05, 0) is 197 Å². The molecule has 0 aromatic carbocycles. The minimum Gasteiger partial charge on any atom is -0.466 e. The van der Waals surface area contributed by atoms with Crippen LogP contribution in [0.3, 0.4) is 0 Å². The van der Waals surface area contributed by atoms with Crippen LogP contribution in [0, 0.1) is 27.7 Å². The van der Waals surface area contributed by atoms with E-state index in [4.69, 9.17) is 13.4 Å². The number of thiophene rings is 4. The number of hydrogen-bond acceptors (Lipinski definition) is 18. The van der Waals surface area contributed by atoms with Crippen molar-refractivity contribution < 1.29 is 13.4 Å². The number of oxazole rings is 1. The molecule has 0 bridgehead atoms. The molecule has 0 aliphatic rings. The van der Waals surface area contributed by atoms with Gasteiger partial charge in [-0.15, -0.1) is 68.0 Å². The molecule has 11 aromatic rings. The maximum atomic E-state index is 5.63. The van der Waals surface area contributed by atoms with Crippen molar-refractivity contribution in [1.29, 1.82) is 0 Å². The highest BCUT2D eigenvalue weighted by Gasteiger charge is 2.19. The summed E-state index contributed by atoms with van der Waals surface area (Å²) >= 11 is 14.4. The van der Waals surface area contributed by atoms with Crippen LogP contribution in [0.4, 0.5) is 0 Å². The van der Waals surface area contributed by atoms with Crippen LogP contribution >= 0.6 is 91.1 Å². The van der Waals surface area contributed by atoms with Gasteiger partial charge in [0.2, 0.25) is 0 Å². The highest BCUT2D eigenvalue weighted by atomic mass is 32.1. The molecule has 10 nitrogen and oxygen atoms in total. The number of aromatic nitrogens is 7. The van der Waals surface area contributed by atoms with E-state index in [-0.39, 0.29) is 89.1 Å². The van der Waals surface area contributed by atoms with Crippen molar-refractivity contribution in [2.24, 2.45) is 0 Å². The maximum absolute atomic E-state index is 5.63. The first kappa shape index (κ1) is 154. The Morgan fingerprint density at radius 1 is 0.284 bits per heavy atom. The molecule has 0 spiro atoms. The lowest BCUT2D eigenvalue weighted by Crippen LogP contribution is -1.91. The lowest BCUT2D eigenvalue weighted by molar-refractivity contribution is 0.363. The molecule has 0 saturated heterocycles. The van der Waals surface area contributed by atoms with E-state index < -0.39 is 0 Å². The predicted molar refractivity (Wildman–Crippen MR) is 631 cm³/mol. The van der Waals surface area contributed by atoms with Crippen molar-refractivity contribution in [2.45, 2.75) is 532 Å². The van der Waals surface area contributed by atoms with E-state index in [1.54, 1.807) is 32.6 Å². The highest BCUT2D eigenvalue weighted by Crippen LogP contribution is 2.36. The number of rotatable bonds is 21. The molecular formula is C116H219N7O3S8.